The van der Waals surface area contributed by atoms with Gasteiger partial charge in [-0.2, -0.15) is 0 Å². The molecule has 0 radical (unpaired) electrons. The smallest absolute Gasteiger partial charge is 0.226 e. The summed E-state index contributed by atoms with van der Waals surface area (Å²) in [6.45, 7) is 4.12. The summed E-state index contributed by atoms with van der Waals surface area (Å²) in [5.41, 5.74) is 1.80. The minimum atomic E-state index is -0.122. The molecule has 0 N–H and O–H groups in total. The van der Waals surface area contributed by atoms with Crippen molar-refractivity contribution in [3.05, 3.63) is 71.3 Å². The minimum absolute atomic E-state index is 0.0639. The Bertz CT molecular complexity index is 1060. The third-order valence-corrected chi connectivity index (χ3v) is 8.92. The number of hydrogen-bond acceptors (Lipinski definition) is 6. The second kappa shape index (κ2) is 6.09. The predicted octanol–water partition coefficient (Wildman–Crippen LogP) is 5.91. The second-order valence-corrected chi connectivity index (χ2v) is 11.2. The summed E-state index contributed by atoms with van der Waals surface area (Å²) in [6, 6.07) is 8.22. The molecule has 2 nitrogen and oxygen atoms in total. The van der Waals surface area contributed by atoms with E-state index in [1.54, 1.807) is 22.7 Å². The molecule has 6 heteroatoms. The van der Waals surface area contributed by atoms with Crippen molar-refractivity contribution in [3.8, 4) is 0 Å². The van der Waals surface area contributed by atoms with E-state index < -0.39 is 0 Å². The number of hydrogen-bond donors (Lipinski definition) is 0. The third kappa shape index (κ3) is 2.54. The first-order chi connectivity index (χ1) is 12.5. The van der Waals surface area contributed by atoms with Gasteiger partial charge in [-0.05, 0) is 56.0 Å². The van der Waals surface area contributed by atoms with Crippen LogP contribution in [0.5, 0.6) is 0 Å². The molecule has 1 saturated heterocycles. The summed E-state index contributed by atoms with van der Waals surface area (Å²) in [5, 5.41) is 0.329. The Kier molecular flexibility index (Phi) is 3.94. The molecule has 0 bridgehead atoms. The molecule has 1 fully saturated rings. The SMILES string of the molecule is Cc1ccc(C2=C3C=C4SC(=O)C(c5ccc(C)s5)C4C=C3SC2=O)s1. The molecule has 1 aliphatic carbocycles. The molecule has 130 valence electrons. The minimum Gasteiger partial charge on any atom is -0.286 e. The molecule has 0 amide bonds. The summed E-state index contributed by atoms with van der Waals surface area (Å²) in [6.07, 6.45) is 4.24. The first-order valence-electron chi connectivity index (χ1n) is 8.26. The van der Waals surface area contributed by atoms with Gasteiger partial charge in [0.1, 0.15) is 0 Å². The van der Waals surface area contributed by atoms with Crippen molar-refractivity contribution >= 4 is 62.0 Å². The number of allylic oxidation sites excluding steroid dienone is 4. The van der Waals surface area contributed by atoms with E-state index >= 15 is 0 Å². The summed E-state index contributed by atoms with van der Waals surface area (Å²) >= 11 is 6.00. The molecule has 4 heterocycles. The molecule has 2 atom stereocenters. The zero-order valence-electron chi connectivity index (χ0n) is 14.1. The van der Waals surface area contributed by atoms with Crippen LogP contribution in [0, 0.1) is 19.8 Å². The zero-order chi connectivity index (χ0) is 18.0. The van der Waals surface area contributed by atoms with Crippen molar-refractivity contribution in [2.24, 2.45) is 5.92 Å². The van der Waals surface area contributed by atoms with Crippen LogP contribution in [0.3, 0.4) is 0 Å². The van der Waals surface area contributed by atoms with E-state index in [9.17, 15) is 9.59 Å². The van der Waals surface area contributed by atoms with Crippen LogP contribution in [0.4, 0.5) is 0 Å². The summed E-state index contributed by atoms with van der Waals surface area (Å²) in [4.78, 5) is 32.0. The summed E-state index contributed by atoms with van der Waals surface area (Å²) < 4.78 is 0. The molecular formula is C20H14O2S4. The molecule has 3 aliphatic rings. The van der Waals surface area contributed by atoms with Crippen LogP contribution in [-0.4, -0.2) is 10.2 Å². The van der Waals surface area contributed by atoms with Crippen LogP contribution in [-0.2, 0) is 9.59 Å². The number of rotatable bonds is 2. The highest BCUT2D eigenvalue weighted by Gasteiger charge is 2.44. The van der Waals surface area contributed by atoms with Crippen LogP contribution in [0.15, 0.2) is 51.8 Å². The number of carbonyl (C=O) groups is 2. The molecule has 2 aromatic rings. The standard InChI is InChI=1S/C20H14O2S4/c1-9-3-5-13(23-9)17-11-7-16-12(8-15(11)25-19(17)21)18(20(22)26-16)14-6-4-10(2)24-14/h3-8,11,17H,1-2H3. The van der Waals surface area contributed by atoms with E-state index in [1.807, 2.05) is 6.07 Å². The van der Waals surface area contributed by atoms with Gasteiger partial charge < -0.3 is 0 Å². The van der Waals surface area contributed by atoms with Crippen molar-refractivity contribution in [2.45, 2.75) is 19.8 Å². The second-order valence-electron chi connectivity index (χ2n) is 6.54. The van der Waals surface area contributed by atoms with Gasteiger partial charge in [0.05, 0.1) is 11.5 Å². The molecule has 2 aliphatic heterocycles. The van der Waals surface area contributed by atoms with Crippen molar-refractivity contribution in [3.63, 3.8) is 0 Å². The lowest BCUT2D eigenvalue weighted by atomic mass is 9.86. The molecular weight excluding hydrogens is 400 g/mol. The molecule has 0 saturated carbocycles. The Labute approximate surface area is 168 Å². The van der Waals surface area contributed by atoms with Gasteiger partial charge in [-0.25, -0.2) is 0 Å². The van der Waals surface area contributed by atoms with Gasteiger partial charge in [-0.1, -0.05) is 17.8 Å². The Morgan fingerprint density at radius 2 is 1.69 bits per heavy atom. The van der Waals surface area contributed by atoms with Gasteiger partial charge in [0.2, 0.25) is 10.2 Å². The van der Waals surface area contributed by atoms with Crippen LogP contribution in [0.1, 0.15) is 25.4 Å². The quantitative estimate of drug-likeness (QED) is 0.612. The number of carbonyl (C=O) groups excluding carboxylic acids is 2. The number of thioether (sulfide) groups is 2. The number of thiophene rings is 2. The van der Waals surface area contributed by atoms with E-state index in [0.717, 1.165) is 30.7 Å². The fourth-order valence-corrected chi connectivity index (χ4v) is 7.83. The largest absolute Gasteiger partial charge is 0.286 e. The molecule has 0 aromatic carbocycles. The zero-order valence-corrected chi connectivity index (χ0v) is 17.3. The molecule has 2 aromatic heterocycles. The van der Waals surface area contributed by atoms with Gasteiger partial charge in [0, 0.05) is 40.8 Å². The van der Waals surface area contributed by atoms with E-state index in [0.29, 0.717) is 0 Å². The highest BCUT2D eigenvalue weighted by molar-refractivity contribution is 8.19. The lowest BCUT2D eigenvalue weighted by Gasteiger charge is -2.19. The van der Waals surface area contributed by atoms with E-state index in [4.69, 9.17) is 0 Å². The first-order valence-corrected chi connectivity index (χ1v) is 11.5. The van der Waals surface area contributed by atoms with Crippen molar-refractivity contribution in [1.82, 2.24) is 0 Å². The maximum atomic E-state index is 12.7. The Morgan fingerprint density at radius 3 is 2.38 bits per heavy atom. The first kappa shape index (κ1) is 16.8. The molecule has 0 spiro atoms. The van der Waals surface area contributed by atoms with Crippen molar-refractivity contribution in [1.29, 1.82) is 0 Å². The van der Waals surface area contributed by atoms with E-state index in [2.05, 4.69) is 44.2 Å². The maximum absolute atomic E-state index is 12.7. The van der Waals surface area contributed by atoms with Crippen LogP contribution >= 0.6 is 46.2 Å². The van der Waals surface area contributed by atoms with E-state index in [-0.39, 0.29) is 22.1 Å². The fraction of sp³-hybridized carbons (Fsp3) is 0.200. The van der Waals surface area contributed by atoms with Gasteiger partial charge in [-0.3, -0.25) is 9.59 Å². The monoisotopic (exact) mass is 414 g/mol. The normalized spacial score (nSPS) is 24.7. The van der Waals surface area contributed by atoms with Gasteiger partial charge in [0.25, 0.3) is 0 Å². The van der Waals surface area contributed by atoms with Crippen LogP contribution in [0.25, 0.3) is 5.57 Å². The highest BCUT2D eigenvalue weighted by Crippen LogP contribution is 2.56. The fourth-order valence-electron chi connectivity index (χ4n) is 3.59. The van der Waals surface area contributed by atoms with Crippen LogP contribution < -0.4 is 0 Å². The molecule has 26 heavy (non-hydrogen) atoms. The number of aryl methyl sites for hydroxylation is 2. The summed E-state index contributed by atoms with van der Waals surface area (Å²) in [5.74, 6) is -0.0586. The Balaban J connectivity index is 1.61. The van der Waals surface area contributed by atoms with Gasteiger partial charge in [0.15, 0.2) is 0 Å². The Hall–Kier alpha value is -1.34. The topological polar surface area (TPSA) is 34.1 Å². The molecule has 2 unspecified atom stereocenters. The van der Waals surface area contributed by atoms with E-state index in [1.165, 1.54) is 33.3 Å². The van der Waals surface area contributed by atoms with Crippen LogP contribution in [0.2, 0.25) is 0 Å². The van der Waals surface area contributed by atoms with Crippen molar-refractivity contribution < 1.29 is 9.59 Å². The van der Waals surface area contributed by atoms with Gasteiger partial charge in [-0.15, -0.1) is 22.7 Å². The maximum Gasteiger partial charge on any atom is 0.226 e. The van der Waals surface area contributed by atoms with Crippen molar-refractivity contribution in [2.75, 3.05) is 0 Å². The lowest BCUT2D eigenvalue weighted by molar-refractivity contribution is -0.112. The third-order valence-electron chi connectivity index (χ3n) is 4.77. The highest BCUT2D eigenvalue weighted by atomic mass is 32.2. The molecule has 5 rings (SSSR count). The number of fused-ring (bicyclic) bond motifs is 2. The average molecular weight is 415 g/mol. The lowest BCUT2D eigenvalue weighted by Crippen LogP contribution is -2.11. The van der Waals surface area contributed by atoms with Gasteiger partial charge >= 0.3 is 0 Å². The summed E-state index contributed by atoms with van der Waals surface area (Å²) in [7, 11) is 0. The predicted molar refractivity (Wildman–Crippen MR) is 113 cm³/mol. The Morgan fingerprint density at radius 1 is 0.923 bits per heavy atom. The average Bonchev–Trinajstić information content (AvgIpc) is 3.31.